The molecule has 0 saturated heterocycles. The molecule has 2 rings (SSSR count). The van der Waals surface area contributed by atoms with Gasteiger partial charge in [-0.25, -0.2) is 0 Å². The predicted molar refractivity (Wildman–Crippen MR) is 98.9 cm³/mol. The zero-order valence-electron chi connectivity index (χ0n) is 14.7. The van der Waals surface area contributed by atoms with E-state index in [1.807, 2.05) is 19.1 Å². The highest BCUT2D eigenvalue weighted by molar-refractivity contribution is 6.31. The van der Waals surface area contributed by atoms with Gasteiger partial charge < -0.3 is 10.2 Å². The summed E-state index contributed by atoms with van der Waals surface area (Å²) in [4.78, 5) is 25.5. The first-order valence-electron chi connectivity index (χ1n) is 8.10. The molecule has 4 nitrogen and oxygen atoms in total. The molecule has 27 heavy (non-hydrogen) atoms. The quantitative estimate of drug-likeness (QED) is 0.766. The van der Waals surface area contributed by atoms with Crippen LogP contribution in [-0.2, 0) is 15.8 Å². The number of alkyl halides is 3. The molecule has 0 bridgehead atoms. The van der Waals surface area contributed by atoms with E-state index < -0.39 is 22.7 Å². The Hall–Kier alpha value is -2.54. The van der Waals surface area contributed by atoms with E-state index in [2.05, 4.69) is 5.32 Å². The van der Waals surface area contributed by atoms with Gasteiger partial charge in [-0.3, -0.25) is 9.59 Å². The molecule has 0 aliphatic carbocycles. The molecule has 0 saturated carbocycles. The molecule has 0 aromatic heterocycles. The van der Waals surface area contributed by atoms with Crippen LogP contribution in [0.15, 0.2) is 42.5 Å². The van der Waals surface area contributed by atoms with Crippen molar-refractivity contribution < 1.29 is 22.8 Å². The number of aryl methyl sites for hydroxylation is 1. The van der Waals surface area contributed by atoms with E-state index in [0.29, 0.717) is 5.69 Å². The molecule has 2 aromatic carbocycles. The third kappa shape index (κ3) is 5.47. The van der Waals surface area contributed by atoms with E-state index in [-0.39, 0.29) is 24.6 Å². The smallest absolute Gasteiger partial charge is 0.326 e. The number of benzene rings is 2. The second kappa shape index (κ2) is 8.43. The van der Waals surface area contributed by atoms with E-state index in [4.69, 9.17) is 11.6 Å². The van der Waals surface area contributed by atoms with E-state index in [0.717, 1.165) is 17.7 Å². The van der Waals surface area contributed by atoms with Crippen LogP contribution in [0.3, 0.4) is 0 Å². The molecule has 0 aliphatic heterocycles. The molecule has 0 radical (unpaired) electrons. The van der Waals surface area contributed by atoms with E-state index in [1.165, 1.54) is 17.9 Å². The number of rotatable bonds is 5. The summed E-state index contributed by atoms with van der Waals surface area (Å²) >= 11 is 5.56. The number of anilines is 2. The average molecular weight is 399 g/mol. The van der Waals surface area contributed by atoms with Crippen molar-refractivity contribution in [3.63, 3.8) is 0 Å². The largest absolute Gasteiger partial charge is 0.417 e. The van der Waals surface area contributed by atoms with Gasteiger partial charge in [0.2, 0.25) is 11.8 Å². The van der Waals surface area contributed by atoms with Gasteiger partial charge in [-0.2, -0.15) is 13.2 Å². The number of halogens is 4. The van der Waals surface area contributed by atoms with Crippen molar-refractivity contribution in [2.24, 2.45) is 0 Å². The highest BCUT2D eigenvalue weighted by atomic mass is 35.5. The zero-order chi connectivity index (χ0) is 20.2. The summed E-state index contributed by atoms with van der Waals surface area (Å²) in [7, 11) is 0. The second-order valence-corrected chi connectivity index (χ2v) is 6.35. The fraction of sp³-hybridized carbons (Fsp3) is 0.263. The molecule has 0 heterocycles. The summed E-state index contributed by atoms with van der Waals surface area (Å²) in [5, 5.41) is 1.96. The number of nitrogens with one attached hydrogen (secondary N) is 1. The number of hydrogen-bond donors (Lipinski definition) is 1. The Balaban J connectivity index is 2.07. The lowest BCUT2D eigenvalue weighted by molar-refractivity contribution is -0.137. The number of amides is 2. The van der Waals surface area contributed by atoms with Crippen molar-refractivity contribution in [2.45, 2.75) is 26.4 Å². The first-order chi connectivity index (χ1) is 12.6. The molecule has 0 unspecified atom stereocenters. The van der Waals surface area contributed by atoms with Gasteiger partial charge in [0.25, 0.3) is 0 Å². The minimum atomic E-state index is -4.62. The Kier molecular flexibility index (Phi) is 6.49. The highest BCUT2D eigenvalue weighted by Crippen LogP contribution is 2.36. The second-order valence-electron chi connectivity index (χ2n) is 5.95. The van der Waals surface area contributed by atoms with Crippen LogP contribution in [0.5, 0.6) is 0 Å². The summed E-state index contributed by atoms with van der Waals surface area (Å²) in [6.07, 6.45) is -4.69. The van der Waals surface area contributed by atoms with Crippen LogP contribution < -0.4 is 10.2 Å². The lowest BCUT2D eigenvalue weighted by Crippen LogP contribution is -2.32. The molecular weight excluding hydrogens is 381 g/mol. The number of carbonyl (C=O) groups excluding carboxylic acids is 2. The van der Waals surface area contributed by atoms with Crippen LogP contribution in [0.4, 0.5) is 24.5 Å². The van der Waals surface area contributed by atoms with Gasteiger partial charge in [0.15, 0.2) is 0 Å². The van der Waals surface area contributed by atoms with Gasteiger partial charge in [-0.05, 0) is 36.8 Å². The number of carbonyl (C=O) groups is 2. The molecule has 0 spiro atoms. The van der Waals surface area contributed by atoms with Gasteiger partial charge in [-0.1, -0.05) is 29.8 Å². The van der Waals surface area contributed by atoms with Crippen LogP contribution in [0.25, 0.3) is 0 Å². The Morgan fingerprint density at radius 2 is 1.81 bits per heavy atom. The average Bonchev–Trinajstić information content (AvgIpc) is 2.57. The molecule has 0 atom stereocenters. The van der Waals surface area contributed by atoms with Gasteiger partial charge in [0.05, 0.1) is 10.6 Å². The van der Waals surface area contributed by atoms with Crippen molar-refractivity contribution in [3.8, 4) is 0 Å². The molecule has 0 fully saturated rings. The van der Waals surface area contributed by atoms with Crippen LogP contribution in [-0.4, -0.2) is 18.4 Å². The fourth-order valence-corrected chi connectivity index (χ4v) is 2.80. The normalized spacial score (nSPS) is 11.2. The van der Waals surface area contributed by atoms with Crippen molar-refractivity contribution in [2.75, 3.05) is 16.8 Å². The van der Waals surface area contributed by atoms with Gasteiger partial charge in [0.1, 0.15) is 0 Å². The Morgan fingerprint density at radius 3 is 2.41 bits per heavy atom. The standard InChI is InChI=1S/C19H18ClF3N2O2/c1-12-5-3-4-6-17(12)25(13(2)26)10-9-18(27)24-14-7-8-16(20)15(11-14)19(21,22)23/h3-8,11H,9-10H2,1-2H3,(H,24,27). The minimum Gasteiger partial charge on any atom is -0.326 e. The van der Waals surface area contributed by atoms with Crippen molar-refractivity contribution >= 4 is 34.8 Å². The summed E-state index contributed by atoms with van der Waals surface area (Å²) in [6, 6.07) is 10.4. The van der Waals surface area contributed by atoms with Crippen LogP contribution >= 0.6 is 11.6 Å². The SMILES string of the molecule is CC(=O)N(CCC(=O)Nc1ccc(Cl)c(C(F)(F)F)c1)c1ccccc1C. The maximum absolute atomic E-state index is 12.9. The monoisotopic (exact) mass is 398 g/mol. The molecule has 8 heteroatoms. The lowest BCUT2D eigenvalue weighted by atomic mass is 10.1. The van der Waals surface area contributed by atoms with Crippen molar-refractivity contribution in [1.82, 2.24) is 0 Å². The first-order valence-corrected chi connectivity index (χ1v) is 8.47. The number of hydrogen-bond acceptors (Lipinski definition) is 2. The summed E-state index contributed by atoms with van der Waals surface area (Å²) in [5.74, 6) is -0.742. The summed E-state index contributed by atoms with van der Waals surface area (Å²) in [6.45, 7) is 3.34. The van der Waals surface area contributed by atoms with Crippen molar-refractivity contribution in [3.05, 3.63) is 58.6 Å². The number of nitrogens with zero attached hydrogens (tertiary/aromatic N) is 1. The lowest BCUT2D eigenvalue weighted by Gasteiger charge is -2.23. The fourth-order valence-electron chi connectivity index (χ4n) is 2.57. The molecular formula is C19H18ClF3N2O2. The molecule has 1 N–H and O–H groups in total. The zero-order valence-corrected chi connectivity index (χ0v) is 15.5. The Morgan fingerprint density at radius 1 is 1.15 bits per heavy atom. The predicted octanol–water partition coefficient (Wildman–Crippen LogP) is 5.05. The third-order valence-corrected chi connectivity index (χ3v) is 4.23. The topological polar surface area (TPSA) is 49.4 Å². The van der Waals surface area contributed by atoms with Gasteiger partial charge in [-0.15, -0.1) is 0 Å². The van der Waals surface area contributed by atoms with Crippen LogP contribution in [0, 0.1) is 6.92 Å². The maximum Gasteiger partial charge on any atom is 0.417 e. The third-order valence-electron chi connectivity index (χ3n) is 3.90. The van der Waals surface area contributed by atoms with Gasteiger partial charge in [0, 0.05) is 31.3 Å². The molecule has 2 aromatic rings. The van der Waals surface area contributed by atoms with Crippen LogP contribution in [0.1, 0.15) is 24.5 Å². The summed E-state index contributed by atoms with van der Waals surface area (Å²) < 4.78 is 38.7. The minimum absolute atomic E-state index is 0.0120. The van der Waals surface area contributed by atoms with Gasteiger partial charge >= 0.3 is 6.18 Å². The molecule has 2 amide bonds. The number of para-hydroxylation sites is 1. The highest BCUT2D eigenvalue weighted by Gasteiger charge is 2.33. The van der Waals surface area contributed by atoms with Crippen molar-refractivity contribution in [1.29, 1.82) is 0 Å². The van der Waals surface area contributed by atoms with E-state index in [9.17, 15) is 22.8 Å². The molecule has 144 valence electrons. The van der Waals surface area contributed by atoms with Crippen LogP contribution in [0.2, 0.25) is 5.02 Å². The Bertz CT molecular complexity index is 853. The van der Waals surface area contributed by atoms with E-state index >= 15 is 0 Å². The first kappa shape index (κ1) is 20.8. The summed E-state index contributed by atoms with van der Waals surface area (Å²) in [5.41, 5.74) is 0.526. The van der Waals surface area contributed by atoms with E-state index in [1.54, 1.807) is 12.1 Å². The maximum atomic E-state index is 12.9. The Labute approximate surface area is 159 Å². The molecule has 0 aliphatic rings.